The van der Waals surface area contributed by atoms with Crippen LogP contribution in [0, 0.1) is 12.8 Å². The van der Waals surface area contributed by atoms with Gasteiger partial charge >= 0.3 is 0 Å². The molecule has 1 aliphatic rings. The predicted molar refractivity (Wildman–Crippen MR) is 112 cm³/mol. The van der Waals surface area contributed by atoms with Crippen molar-refractivity contribution in [3.05, 3.63) is 35.4 Å². The van der Waals surface area contributed by atoms with Gasteiger partial charge in [0.2, 0.25) is 11.8 Å². The summed E-state index contributed by atoms with van der Waals surface area (Å²) >= 11 is 0. The van der Waals surface area contributed by atoms with Gasteiger partial charge in [-0.15, -0.1) is 0 Å². The first-order valence-electron chi connectivity index (χ1n) is 10.3. The van der Waals surface area contributed by atoms with Crippen molar-refractivity contribution in [1.82, 2.24) is 15.1 Å². The second-order valence-electron chi connectivity index (χ2n) is 7.48. The Kier molecular flexibility index (Phi) is 8.64. The van der Waals surface area contributed by atoms with Crippen LogP contribution in [0.4, 0.5) is 0 Å². The van der Waals surface area contributed by atoms with E-state index < -0.39 is 6.04 Å². The highest BCUT2D eigenvalue weighted by molar-refractivity contribution is 5.97. The largest absolute Gasteiger partial charge is 0.375 e. The zero-order valence-electron chi connectivity index (χ0n) is 17.9. The Morgan fingerprint density at radius 3 is 2.24 bits per heavy atom. The number of methoxy groups -OCH3 is 1. The smallest absolute Gasteiger partial charge is 0.251 e. The van der Waals surface area contributed by atoms with Crippen molar-refractivity contribution in [2.45, 2.75) is 39.7 Å². The number of benzene rings is 1. The van der Waals surface area contributed by atoms with Gasteiger partial charge in [0.25, 0.3) is 5.91 Å². The number of aryl methyl sites for hydroxylation is 1. The lowest BCUT2D eigenvalue weighted by atomic mass is 9.88. The molecule has 0 bridgehead atoms. The topological polar surface area (TPSA) is 79.0 Å². The minimum atomic E-state index is -0.594. The number of carbonyl (C=O) groups excluding carboxylic acids is 3. The van der Waals surface area contributed by atoms with Crippen molar-refractivity contribution in [2.24, 2.45) is 5.92 Å². The van der Waals surface area contributed by atoms with Gasteiger partial charge in [0, 0.05) is 38.9 Å². The van der Waals surface area contributed by atoms with Crippen molar-refractivity contribution in [1.29, 1.82) is 0 Å². The van der Waals surface area contributed by atoms with E-state index in [0.29, 0.717) is 44.6 Å². The summed E-state index contributed by atoms with van der Waals surface area (Å²) in [4.78, 5) is 41.5. The highest BCUT2D eigenvalue weighted by Gasteiger charge is 2.35. The van der Waals surface area contributed by atoms with Gasteiger partial charge in [-0.2, -0.15) is 0 Å². The van der Waals surface area contributed by atoms with Crippen LogP contribution in [0.5, 0.6) is 0 Å². The fraction of sp³-hybridized carbons (Fsp3) is 0.591. The molecule has 160 valence electrons. The molecule has 29 heavy (non-hydrogen) atoms. The summed E-state index contributed by atoms with van der Waals surface area (Å²) < 4.78 is 4.93. The number of ether oxygens (including phenoxy) is 1. The molecule has 7 nitrogen and oxygen atoms in total. The molecule has 1 atom stereocenters. The number of hydrogen-bond acceptors (Lipinski definition) is 4. The van der Waals surface area contributed by atoms with Gasteiger partial charge in [0.1, 0.15) is 12.6 Å². The normalized spacial score (nSPS) is 15.7. The summed E-state index contributed by atoms with van der Waals surface area (Å²) in [5, 5.41) is 2.98. The van der Waals surface area contributed by atoms with Gasteiger partial charge in [-0.3, -0.25) is 14.4 Å². The molecule has 0 unspecified atom stereocenters. The van der Waals surface area contributed by atoms with E-state index in [1.165, 1.54) is 7.11 Å². The Morgan fingerprint density at radius 1 is 1.14 bits per heavy atom. The zero-order valence-corrected chi connectivity index (χ0v) is 17.9. The van der Waals surface area contributed by atoms with Crippen LogP contribution in [-0.2, 0) is 14.3 Å². The van der Waals surface area contributed by atoms with E-state index in [1.807, 2.05) is 32.9 Å². The fourth-order valence-electron chi connectivity index (χ4n) is 3.74. The van der Waals surface area contributed by atoms with Crippen LogP contribution < -0.4 is 5.32 Å². The third-order valence-corrected chi connectivity index (χ3v) is 5.57. The molecule has 1 N–H and O–H groups in total. The van der Waals surface area contributed by atoms with Crippen LogP contribution in [0.1, 0.15) is 42.6 Å². The molecular weight excluding hydrogens is 370 g/mol. The molecule has 1 aliphatic heterocycles. The second-order valence-corrected chi connectivity index (χ2v) is 7.48. The lowest BCUT2D eigenvalue weighted by Gasteiger charge is -2.37. The SMILES string of the molecule is CCN(CC)C(=O)[C@H](NC(=O)c1ccc(C)cc1)C1CCN(C(=O)COC)CC1. The zero-order chi connectivity index (χ0) is 21.4. The van der Waals surface area contributed by atoms with Crippen LogP contribution in [-0.4, -0.2) is 73.5 Å². The molecule has 3 amide bonds. The van der Waals surface area contributed by atoms with E-state index >= 15 is 0 Å². The first kappa shape index (κ1) is 22.9. The maximum atomic E-state index is 13.2. The summed E-state index contributed by atoms with van der Waals surface area (Å²) in [5.74, 6) is -0.351. The number of hydrogen-bond donors (Lipinski definition) is 1. The van der Waals surface area contributed by atoms with Gasteiger partial charge in [0.15, 0.2) is 0 Å². The maximum absolute atomic E-state index is 13.2. The summed E-state index contributed by atoms with van der Waals surface area (Å²) in [6.07, 6.45) is 1.34. The number of likely N-dealkylation sites (tertiary alicyclic amines) is 1. The first-order chi connectivity index (χ1) is 13.9. The highest BCUT2D eigenvalue weighted by Crippen LogP contribution is 2.23. The van der Waals surface area contributed by atoms with Crippen LogP contribution in [0.25, 0.3) is 0 Å². The van der Waals surface area contributed by atoms with Crippen molar-refractivity contribution >= 4 is 17.7 Å². The monoisotopic (exact) mass is 403 g/mol. The molecule has 1 fully saturated rings. The standard InChI is InChI=1S/C22H33N3O4/c1-5-24(6-2)22(28)20(23-21(27)18-9-7-16(3)8-10-18)17-11-13-25(14-12-17)19(26)15-29-4/h7-10,17,20H,5-6,11-15H2,1-4H3,(H,23,27)/t20-/m1/s1. The Bertz CT molecular complexity index is 693. The van der Waals surface area contributed by atoms with Crippen LogP contribution >= 0.6 is 0 Å². The minimum Gasteiger partial charge on any atom is -0.375 e. The van der Waals surface area contributed by atoms with Gasteiger partial charge in [0.05, 0.1) is 0 Å². The molecule has 0 spiro atoms. The number of likely N-dealkylation sites (N-methyl/N-ethyl adjacent to an activating group) is 1. The molecule has 2 rings (SSSR count). The number of piperidine rings is 1. The molecule has 7 heteroatoms. The second kappa shape index (κ2) is 11.0. The van der Waals surface area contributed by atoms with E-state index in [0.717, 1.165) is 5.56 Å². The van der Waals surface area contributed by atoms with Crippen LogP contribution in [0.3, 0.4) is 0 Å². The number of amides is 3. The van der Waals surface area contributed by atoms with Crippen LogP contribution in [0.2, 0.25) is 0 Å². The van der Waals surface area contributed by atoms with Crippen LogP contribution in [0.15, 0.2) is 24.3 Å². The van der Waals surface area contributed by atoms with Gasteiger partial charge in [-0.25, -0.2) is 0 Å². The van der Waals surface area contributed by atoms with E-state index in [1.54, 1.807) is 21.9 Å². The molecule has 1 saturated heterocycles. The molecule has 0 saturated carbocycles. The molecule has 0 aliphatic carbocycles. The van der Waals surface area contributed by atoms with E-state index in [2.05, 4.69) is 5.32 Å². The summed E-state index contributed by atoms with van der Waals surface area (Å²) in [5.41, 5.74) is 1.62. The molecule has 1 aromatic carbocycles. The number of rotatable bonds is 8. The highest BCUT2D eigenvalue weighted by atomic mass is 16.5. The summed E-state index contributed by atoms with van der Waals surface area (Å²) in [6.45, 7) is 8.22. The quantitative estimate of drug-likeness (QED) is 0.718. The van der Waals surface area contributed by atoms with E-state index in [-0.39, 0.29) is 30.2 Å². The van der Waals surface area contributed by atoms with E-state index in [4.69, 9.17) is 4.74 Å². The summed E-state index contributed by atoms with van der Waals surface area (Å²) in [7, 11) is 1.50. The van der Waals surface area contributed by atoms with E-state index in [9.17, 15) is 14.4 Å². The lowest BCUT2D eigenvalue weighted by Crippen LogP contribution is -2.55. The third kappa shape index (κ3) is 6.03. The molecule has 0 radical (unpaired) electrons. The molecular formula is C22H33N3O4. The molecule has 1 heterocycles. The molecule has 1 aromatic rings. The maximum Gasteiger partial charge on any atom is 0.251 e. The predicted octanol–water partition coefficient (Wildman–Crippen LogP) is 1.85. The first-order valence-corrected chi connectivity index (χ1v) is 10.3. The van der Waals surface area contributed by atoms with Gasteiger partial charge in [-0.1, -0.05) is 17.7 Å². The van der Waals surface area contributed by atoms with Crippen molar-refractivity contribution in [2.75, 3.05) is 39.9 Å². The Hall–Kier alpha value is -2.41. The van der Waals surface area contributed by atoms with Crippen molar-refractivity contribution < 1.29 is 19.1 Å². The number of nitrogens with zero attached hydrogens (tertiary/aromatic N) is 2. The third-order valence-electron chi connectivity index (χ3n) is 5.57. The molecule has 0 aromatic heterocycles. The van der Waals surface area contributed by atoms with Crippen molar-refractivity contribution in [3.8, 4) is 0 Å². The van der Waals surface area contributed by atoms with Crippen molar-refractivity contribution in [3.63, 3.8) is 0 Å². The summed E-state index contributed by atoms with van der Waals surface area (Å²) in [6, 6.07) is 6.72. The lowest BCUT2D eigenvalue weighted by molar-refractivity contribution is -0.138. The Balaban J connectivity index is 2.13. The Labute approximate surface area is 173 Å². The van der Waals surface area contributed by atoms with Gasteiger partial charge < -0.3 is 19.9 Å². The Morgan fingerprint density at radius 2 is 1.72 bits per heavy atom. The minimum absolute atomic E-state index is 0.0101. The number of carbonyl (C=O) groups is 3. The average molecular weight is 404 g/mol. The van der Waals surface area contributed by atoms with Gasteiger partial charge in [-0.05, 0) is 51.7 Å². The number of nitrogens with one attached hydrogen (secondary N) is 1. The fourth-order valence-corrected chi connectivity index (χ4v) is 3.74. The average Bonchev–Trinajstić information content (AvgIpc) is 2.73.